The summed E-state index contributed by atoms with van der Waals surface area (Å²) >= 11 is 10.0. The Hall–Kier alpha value is 0.900. The van der Waals surface area contributed by atoms with E-state index in [0.717, 1.165) is 12.3 Å². The molecular weight excluding hydrogens is 363 g/mol. The van der Waals surface area contributed by atoms with Crippen LogP contribution in [0.2, 0.25) is 5.02 Å². The maximum Gasteiger partial charge on any atom is 0.102 e. The Labute approximate surface area is 85.5 Å². The van der Waals surface area contributed by atoms with Gasteiger partial charge in [0.25, 0.3) is 0 Å². The average molecular weight is 365 g/mol. The summed E-state index contributed by atoms with van der Waals surface area (Å²) < 4.78 is 1.92. The van der Waals surface area contributed by atoms with Crippen molar-refractivity contribution in [3.05, 3.63) is 24.6 Å². The number of hydrogen-bond donors (Lipinski definition) is 0. The topological polar surface area (TPSA) is 12.9 Å². The number of nitrogens with zero attached hydrogens (tertiary/aromatic N) is 1. The molecule has 1 heterocycles. The first kappa shape index (κ1) is 8.00. The Kier molecular flexibility index (Phi) is 2.97. The van der Waals surface area contributed by atoms with Crippen molar-refractivity contribution in [2.45, 2.75) is 0 Å². The van der Waals surface area contributed by atoms with Crippen molar-refractivity contribution in [3.8, 4) is 0 Å². The van der Waals surface area contributed by atoms with E-state index in [4.69, 9.17) is 11.6 Å². The van der Waals surface area contributed by atoms with Crippen molar-refractivity contribution in [3.63, 3.8) is 0 Å². The Morgan fingerprint density at radius 1 is 1.44 bits per heavy atom. The van der Waals surface area contributed by atoms with Crippen LogP contribution in [0.25, 0.3) is 0 Å². The van der Waals surface area contributed by atoms with Gasteiger partial charge in [0.15, 0.2) is 0 Å². The van der Waals surface area contributed by atoms with E-state index in [2.05, 4.69) is 50.2 Å². The van der Waals surface area contributed by atoms with Crippen LogP contribution in [0.3, 0.4) is 0 Å². The molecule has 1 rings (SSSR count). The molecule has 0 aliphatic carbocycles. The minimum atomic E-state index is 0.773. The van der Waals surface area contributed by atoms with Gasteiger partial charge in [-0.3, -0.25) is 0 Å². The van der Waals surface area contributed by atoms with Crippen LogP contribution in [-0.2, 0) is 0 Å². The van der Waals surface area contributed by atoms with E-state index < -0.39 is 0 Å². The van der Waals surface area contributed by atoms with Crippen LogP contribution in [-0.4, -0.2) is 4.98 Å². The number of hydrogen-bond acceptors (Lipinski definition) is 1. The zero-order valence-corrected chi connectivity index (χ0v) is 9.31. The van der Waals surface area contributed by atoms with Crippen molar-refractivity contribution in [1.29, 1.82) is 0 Å². The lowest BCUT2D eigenvalue weighted by Crippen LogP contribution is -1.80. The summed E-state index contributed by atoms with van der Waals surface area (Å²) in [6.45, 7) is 0. The summed E-state index contributed by atoms with van der Waals surface area (Å²) in [7, 11) is 0. The SMILES string of the molecule is Clc1cc(I)ncc1I. The van der Waals surface area contributed by atoms with E-state index >= 15 is 0 Å². The van der Waals surface area contributed by atoms with Crippen molar-refractivity contribution >= 4 is 56.8 Å². The van der Waals surface area contributed by atoms with Crippen molar-refractivity contribution in [1.82, 2.24) is 4.98 Å². The molecule has 0 saturated carbocycles. The van der Waals surface area contributed by atoms with Crippen LogP contribution < -0.4 is 0 Å². The third-order valence-electron chi connectivity index (χ3n) is 0.775. The molecule has 0 amide bonds. The Morgan fingerprint density at radius 3 is 2.56 bits per heavy atom. The van der Waals surface area contributed by atoms with Gasteiger partial charge in [0.05, 0.1) is 8.59 Å². The molecular formula is C5H2ClI2N. The molecule has 1 nitrogen and oxygen atoms in total. The molecule has 0 atom stereocenters. The number of pyridine rings is 1. The quantitative estimate of drug-likeness (QED) is 0.509. The Balaban J connectivity index is 3.17. The van der Waals surface area contributed by atoms with Crippen LogP contribution in [0.5, 0.6) is 0 Å². The predicted octanol–water partition coefficient (Wildman–Crippen LogP) is 2.94. The van der Waals surface area contributed by atoms with Crippen molar-refractivity contribution < 1.29 is 0 Å². The minimum Gasteiger partial charge on any atom is -0.249 e. The van der Waals surface area contributed by atoms with E-state index in [-0.39, 0.29) is 0 Å². The van der Waals surface area contributed by atoms with Gasteiger partial charge in [-0.05, 0) is 51.2 Å². The lowest BCUT2D eigenvalue weighted by atomic mass is 10.5. The summed E-state index contributed by atoms with van der Waals surface area (Å²) in [4.78, 5) is 4.03. The van der Waals surface area contributed by atoms with Gasteiger partial charge in [-0.2, -0.15) is 0 Å². The van der Waals surface area contributed by atoms with Gasteiger partial charge in [0.2, 0.25) is 0 Å². The van der Waals surface area contributed by atoms with Gasteiger partial charge in [0, 0.05) is 6.20 Å². The predicted molar refractivity (Wildman–Crippen MR) is 54.7 cm³/mol. The molecule has 0 radical (unpaired) electrons. The first-order valence-electron chi connectivity index (χ1n) is 2.16. The molecule has 0 fully saturated rings. The molecule has 0 aliphatic heterocycles. The highest BCUT2D eigenvalue weighted by Gasteiger charge is 1.95. The second-order valence-corrected chi connectivity index (χ2v) is 4.10. The van der Waals surface area contributed by atoms with E-state index in [1.54, 1.807) is 6.20 Å². The maximum absolute atomic E-state index is 5.76. The highest BCUT2D eigenvalue weighted by atomic mass is 127. The number of rotatable bonds is 0. The standard InChI is InChI=1S/C5H2ClI2N/c6-3-1-5(8)9-2-4(3)7/h1-2H. The summed E-state index contributed by atoms with van der Waals surface area (Å²) in [5.41, 5.74) is 0. The normalized spacial score (nSPS) is 9.67. The van der Waals surface area contributed by atoms with E-state index in [9.17, 15) is 0 Å². The van der Waals surface area contributed by atoms with E-state index in [0.29, 0.717) is 0 Å². The second-order valence-electron chi connectivity index (χ2n) is 1.42. The monoisotopic (exact) mass is 365 g/mol. The molecule has 1 aromatic heterocycles. The fourth-order valence-corrected chi connectivity index (χ4v) is 1.47. The molecule has 0 bridgehead atoms. The van der Waals surface area contributed by atoms with Crippen LogP contribution >= 0.6 is 56.8 Å². The smallest absolute Gasteiger partial charge is 0.102 e. The summed E-state index contributed by atoms with van der Waals surface area (Å²) in [6, 6.07) is 1.84. The van der Waals surface area contributed by atoms with Crippen LogP contribution in [0, 0.1) is 7.27 Å². The summed E-state index contributed by atoms with van der Waals surface area (Å²) in [5, 5.41) is 0.773. The molecule has 0 unspecified atom stereocenters. The number of aromatic nitrogens is 1. The highest BCUT2D eigenvalue weighted by Crippen LogP contribution is 2.17. The van der Waals surface area contributed by atoms with E-state index in [1.807, 2.05) is 6.07 Å². The molecule has 0 spiro atoms. The first-order chi connectivity index (χ1) is 4.20. The summed E-state index contributed by atoms with van der Waals surface area (Å²) in [5.74, 6) is 0. The first-order valence-corrected chi connectivity index (χ1v) is 4.70. The maximum atomic E-state index is 5.76. The molecule has 48 valence electrons. The largest absolute Gasteiger partial charge is 0.249 e. The second kappa shape index (κ2) is 3.34. The van der Waals surface area contributed by atoms with E-state index in [1.165, 1.54) is 0 Å². The third-order valence-corrected chi connectivity index (χ3v) is 2.86. The zero-order chi connectivity index (χ0) is 6.85. The Morgan fingerprint density at radius 2 is 2.11 bits per heavy atom. The zero-order valence-electron chi connectivity index (χ0n) is 4.24. The minimum absolute atomic E-state index is 0.773. The third kappa shape index (κ3) is 2.19. The highest BCUT2D eigenvalue weighted by molar-refractivity contribution is 14.1. The van der Waals surface area contributed by atoms with Gasteiger partial charge in [-0.15, -0.1) is 0 Å². The van der Waals surface area contributed by atoms with Crippen LogP contribution in [0.4, 0.5) is 0 Å². The lowest BCUT2D eigenvalue weighted by molar-refractivity contribution is 1.25. The molecule has 0 aromatic carbocycles. The van der Waals surface area contributed by atoms with Gasteiger partial charge < -0.3 is 0 Å². The molecule has 1 aromatic rings. The van der Waals surface area contributed by atoms with Crippen LogP contribution in [0.15, 0.2) is 12.3 Å². The molecule has 0 aliphatic rings. The summed E-state index contributed by atoms with van der Waals surface area (Å²) in [6.07, 6.45) is 1.75. The average Bonchev–Trinajstić information content (AvgIpc) is 1.80. The van der Waals surface area contributed by atoms with Crippen molar-refractivity contribution in [2.75, 3.05) is 0 Å². The van der Waals surface area contributed by atoms with Gasteiger partial charge in [-0.1, -0.05) is 11.6 Å². The fraction of sp³-hybridized carbons (Fsp3) is 0. The molecule has 0 N–H and O–H groups in total. The molecule has 4 heteroatoms. The lowest BCUT2D eigenvalue weighted by Gasteiger charge is -1.92. The molecule has 0 saturated heterocycles. The van der Waals surface area contributed by atoms with Gasteiger partial charge in [0.1, 0.15) is 3.70 Å². The van der Waals surface area contributed by atoms with Gasteiger partial charge in [-0.25, -0.2) is 4.98 Å². The Bertz CT molecular complexity index is 226. The fourth-order valence-electron chi connectivity index (χ4n) is 0.391. The van der Waals surface area contributed by atoms with Gasteiger partial charge >= 0.3 is 0 Å². The number of halogens is 3. The molecule has 9 heavy (non-hydrogen) atoms. The van der Waals surface area contributed by atoms with Crippen LogP contribution in [0.1, 0.15) is 0 Å². The van der Waals surface area contributed by atoms with Crippen molar-refractivity contribution in [2.24, 2.45) is 0 Å².